The molecule has 0 amide bonds. The van der Waals surface area contributed by atoms with Crippen LogP contribution in [0.2, 0.25) is 0 Å². The molecule has 0 aromatic heterocycles. The third kappa shape index (κ3) is 1.98. The lowest BCUT2D eigenvalue weighted by atomic mass is 10.1. The molecular weight excluding hydrogens is 281 g/mol. The highest BCUT2D eigenvalue weighted by Gasteiger charge is 2.12. The Bertz CT molecular complexity index is 407. The molecule has 0 radical (unpaired) electrons. The summed E-state index contributed by atoms with van der Waals surface area (Å²) in [6, 6.07) is 5.20. The van der Waals surface area contributed by atoms with E-state index in [1.54, 1.807) is 19.1 Å². The predicted octanol–water partition coefficient (Wildman–Crippen LogP) is 2.17. The van der Waals surface area contributed by atoms with Crippen LogP contribution in [0.1, 0.15) is 21.5 Å². The van der Waals surface area contributed by atoms with Gasteiger partial charge in [0.2, 0.25) is 0 Å². The highest BCUT2D eigenvalue weighted by atomic mass is 127. The van der Waals surface area contributed by atoms with Crippen LogP contribution in [0.3, 0.4) is 0 Å². The molecule has 0 saturated heterocycles. The summed E-state index contributed by atoms with van der Waals surface area (Å²) < 4.78 is 0.498. The smallest absolute Gasteiger partial charge is 0.336 e. The van der Waals surface area contributed by atoms with E-state index < -0.39 is 5.97 Å². The van der Waals surface area contributed by atoms with Gasteiger partial charge in [-0.25, -0.2) is 4.79 Å². The lowest BCUT2D eigenvalue weighted by Gasteiger charge is -2.02. The molecule has 0 unspecified atom stereocenters. The van der Waals surface area contributed by atoms with Crippen LogP contribution in [0.4, 0.5) is 0 Å². The number of hydrogen-bond acceptors (Lipinski definition) is 2. The first-order valence-corrected chi connectivity index (χ1v) is 4.57. The van der Waals surface area contributed by atoms with Gasteiger partial charge in [-0.1, -0.05) is 0 Å². The average Bonchev–Trinajstić information content (AvgIpc) is 2.08. The van der Waals surface area contributed by atoms with Gasteiger partial charge in [-0.2, -0.15) is 5.26 Å². The minimum Gasteiger partial charge on any atom is -0.478 e. The molecule has 0 fully saturated rings. The second kappa shape index (κ2) is 3.75. The van der Waals surface area contributed by atoms with E-state index >= 15 is 0 Å². The quantitative estimate of drug-likeness (QED) is 0.805. The largest absolute Gasteiger partial charge is 0.478 e. The Kier molecular flexibility index (Phi) is 2.88. The highest BCUT2D eigenvalue weighted by Crippen LogP contribution is 2.19. The maximum Gasteiger partial charge on any atom is 0.336 e. The Balaban J connectivity index is 3.47. The second-order valence-electron chi connectivity index (χ2n) is 2.59. The van der Waals surface area contributed by atoms with Gasteiger partial charge in [0, 0.05) is 3.57 Å². The average molecular weight is 287 g/mol. The summed E-state index contributed by atoms with van der Waals surface area (Å²) in [5.74, 6) is -0.996. The molecule has 1 rings (SSSR count). The van der Waals surface area contributed by atoms with Crippen molar-refractivity contribution in [3.63, 3.8) is 0 Å². The summed E-state index contributed by atoms with van der Waals surface area (Å²) in [4.78, 5) is 10.7. The summed E-state index contributed by atoms with van der Waals surface area (Å²) in [6.45, 7) is 1.77. The van der Waals surface area contributed by atoms with E-state index in [0.29, 0.717) is 9.13 Å². The van der Waals surface area contributed by atoms with Crippen molar-refractivity contribution in [2.75, 3.05) is 0 Å². The van der Waals surface area contributed by atoms with E-state index in [0.717, 1.165) is 5.56 Å². The van der Waals surface area contributed by atoms with Crippen LogP contribution in [-0.4, -0.2) is 11.1 Å². The van der Waals surface area contributed by atoms with Crippen molar-refractivity contribution in [2.24, 2.45) is 0 Å². The Labute approximate surface area is 89.1 Å². The van der Waals surface area contributed by atoms with Crippen LogP contribution in [0, 0.1) is 21.8 Å². The normalized spacial score (nSPS) is 9.31. The number of rotatable bonds is 1. The molecule has 0 aliphatic rings. The molecule has 1 aromatic rings. The van der Waals surface area contributed by atoms with Gasteiger partial charge in [-0.3, -0.25) is 0 Å². The molecule has 1 aromatic carbocycles. The van der Waals surface area contributed by atoms with Gasteiger partial charge in [0.25, 0.3) is 0 Å². The number of carboxylic acid groups (broad SMARTS) is 1. The Morgan fingerprint density at radius 2 is 2.23 bits per heavy atom. The van der Waals surface area contributed by atoms with Gasteiger partial charge >= 0.3 is 5.97 Å². The molecule has 0 atom stereocenters. The van der Waals surface area contributed by atoms with E-state index in [1.165, 1.54) is 0 Å². The number of benzene rings is 1. The summed E-state index contributed by atoms with van der Waals surface area (Å²) >= 11 is 1.87. The van der Waals surface area contributed by atoms with Crippen molar-refractivity contribution < 1.29 is 9.90 Å². The fraction of sp³-hybridized carbons (Fsp3) is 0.111. The van der Waals surface area contributed by atoms with Crippen molar-refractivity contribution in [1.29, 1.82) is 5.26 Å². The first kappa shape index (κ1) is 9.99. The highest BCUT2D eigenvalue weighted by molar-refractivity contribution is 14.1. The van der Waals surface area contributed by atoms with Crippen LogP contribution >= 0.6 is 22.6 Å². The number of hydrogen-bond donors (Lipinski definition) is 1. The molecule has 0 saturated carbocycles. The molecule has 0 aliphatic carbocycles. The van der Waals surface area contributed by atoms with Gasteiger partial charge in [0.1, 0.15) is 6.07 Å². The van der Waals surface area contributed by atoms with Gasteiger partial charge in [0.15, 0.2) is 0 Å². The standard InChI is InChI=1S/C9H6INO2/c1-5-2-6(4-11)8(10)7(3-5)9(12)13/h2-3H,1H3,(H,12,13). The molecule has 4 heteroatoms. The van der Waals surface area contributed by atoms with E-state index in [4.69, 9.17) is 10.4 Å². The predicted molar refractivity (Wildman–Crippen MR) is 55.6 cm³/mol. The first-order valence-electron chi connectivity index (χ1n) is 3.50. The fourth-order valence-corrected chi connectivity index (χ4v) is 1.67. The van der Waals surface area contributed by atoms with Crippen LogP contribution in [0.5, 0.6) is 0 Å². The third-order valence-electron chi connectivity index (χ3n) is 1.57. The Morgan fingerprint density at radius 3 is 2.69 bits per heavy atom. The summed E-state index contributed by atoms with van der Waals surface area (Å²) in [6.07, 6.45) is 0. The van der Waals surface area contributed by atoms with Crippen molar-refractivity contribution >= 4 is 28.6 Å². The van der Waals surface area contributed by atoms with Gasteiger partial charge in [-0.05, 0) is 47.2 Å². The number of carbonyl (C=O) groups is 1. The van der Waals surface area contributed by atoms with Crippen molar-refractivity contribution in [1.82, 2.24) is 0 Å². The van der Waals surface area contributed by atoms with Crippen molar-refractivity contribution in [3.05, 3.63) is 32.4 Å². The molecule has 66 valence electrons. The van der Waals surface area contributed by atoms with Crippen LogP contribution in [-0.2, 0) is 0 Å². The summed E-state index contributed by atoms with van der Waals surface area (Å²) in [5.41, 5.74) is 1.39. The first-order chi connectivity index (χ1) is 6.06. The fourth-order valence-electron chi connectivity index (χ4n) is 1.01. The Hall–Kier alpha value is -1.09. The second-order valence-corrected chi connectivity index (χ2v) is 3.67. The number of halogens is 1. The van der Waals surface area contributed by atoms with Crippen LogP contribution in [0.15, 0.2) is 12.1 Å². The lowest BCUT2D eigenvalue weighted by Crippen LogP contribution is -2.02. The van der Waals surface area contributed by atoms with E-state index in [9.17, 15) is 4.79 Å². The topological polar surface area (TPSA) is 61.1 Å². The minimum atomic E-state index is -0.996. The number of aromatic carboxylic acids is 1. The molecule has 0 heterocycles. The molecule has 1 N–H and O–H groups in total. The zero-order valence-corrected chi connectivity index (χ0v) is 8.99. The molecular formula is C9H6INO2. The van der Waals surface area contributed by atoms with Gasteiger partial charge in [0.05, 0.1) is 11.1 Å². The zero-order valence-electron chi connectivity index (χ0n) is 6.84. The summed E-state index contributed by atoms with van der Waals surface area (Å²) in [7, 11) is 0. The summed E-state index contributed by atoms with van der Waals surface area (Å²) in [5, 5.41) is 17.5. The number of nitriles is 1. The van der Waals surface area contributed by atoms with E-state index in [2.05, 4.69) is 0 Å². The van der Waals surface area contributed by atoms with Crippen molar-refractivity contribution in [2.45, 2.75) is 6.92 Å². The molecule has 13 heavy (non-hydrogen) atoms. The minimum absolute atomic E-state index is 0.192. The number of carboxylic acids is 1. The lowest BCUT2D eigenvalue weighted by molar-refractivity contribution is 0.0695. The molecule has 3 nitrogen and oxygen atoms in total. The van der Waals surface area contributed by atoms with E-state index in [1.807, 2.05) is 28.7 Å². The third-order valence-corrected chi connectivity index (χ3v) is 2.73. The monoisotopic (exact) mass is 287 g/mol. The van der Waals surface area contributed by atoms with Gasteiger partial charge in [-0.15, -0.1) is 0 Å². The van der Waals surface area contributed by atoms with Crippen LogP contribution < -0.4 is 0 Å². The van der Waals surface area contributed by atoms with Crippen LogP contribution in [0.25, 0.3) is 0 Å². The molecule has 0 spiro atoms. The maximum atomic E-state index is 10.7. The maximum absolute atomic E-state index is 10.7. The van der Waals surface area contributed by atoms with Crippen molar-refractivity contribution in [3.8, 4) is 6.07 Å². The number of aryl methyl sites for hydroxylation is 1. The van der Waals surface area contributed by atoms with E-state index in [-0.39, 0.29) is 5.56 Å². The SMILES string of the molecule is Cc1cc(C#N)c(I)c(C(=O)O)c1. The molecule has 0 aliphatic heterocycles. The zero-order chi connectivity index (χ0) is 10.0. The molecule has 0 bridgehead atoms. The van der Waals surface area contributed by atoms with Gasteiger partial charge < -0.3 is 5.11 Å². The Morgan fingerprint density at radius 1 is 1.62 bits per heavy atom. The number of nitrogens with zero attached hydrogens (tertiary/aromatic N) is 1.